The Morgan fingerprint density at radius 2 is 1.75 bits per heavy atom. The van der Waals surface area contributed by atoms with Crippen LogP contribution in [-0.2, 0) is 4.79 Å². The van der Waals surface area contributed by atoms with Crippen LogP contribution in [0.5, 0.6) is 0 Å². The molecule has 0 bridgehead atoms. The maximum atomic E-state index is 10.6. The van der Waals surface area contributed by atoms with Gasteiger partial charge < -0.3 is 4.79 Å². The SMILES string of the molecule is CCC(CC)(CC)[C@H]1C[C@H]1C=O. The highest BCUT2D eigenvalue weighted by Gasteiger charge is 2.49. The van der Waals surface area contributed by atoms with Crippen molar-refractivity contribution in [2.45, 2.75) is 46.5 Å². The van der Waals surface area contributed by atoms with Crippen molar-refractivity contribution in [3.8, 4) is 0 Å². The topological polar surface area (TPSA) is 17.1 Å². The summed E-state index contributed by atoms with van der Waals surface area (Å²) < 4.78 is 0. The molecule has 1 aliphatic carbocycles. The third-order valence-corrected chi connectivity index (χ3v) is 3.91. The molecule has 0 unspecified atom stereocenters. The first kappa shape index (κ1) is 9.76. The van der Waals surface area contributed by atoms with Crippen molar-refractivity contribution >= 4 is 6.29 Å². The molecule has 70 valence electrons. The van der Waals surface area contributed by atoms with Gasteiger partial charge in [-0.3, -0.25) is 0 Å². The summed E-state index contributed by atoms with van der Waals surface area (Å²) in [5.74, 6) is 1.10. The van der Waals surface area contributed by atoms with Gasteiger partial charge in [-0.15, -0.1) is 0 Å². The molecule has 0 aliphatic heterocycles. The van der Waals surface area contributed by atoms with E-state index in [-0.39, 0.29) is 0 Å². The lowest BCUT2D eigenvalue weighted by molar-refractivity contribution is -0.109. The Labute approximate surface area is 75.5 Å². The molecule has 1 fully saturated rings. The molecule has 0 heterocycles. The third kappa shape index (κ3) is 1.41. The van der Waals surface area contributed by atoms with Crippen molar-refractivity contribution in [3.63, 3.8) is 0 Å². The second kappa shape index (κ2) is 3.59. The van der Waals surface area contributed by atoms with Crippen LogP contribution in [0.4, 0.5) is 0 Å². The molecule has 2 atom stereocenters. The fourth-order valence-corrected chi connectivity index (χ4v) is 2.61. The highest BCUT2D eigenvalue weighted by molar-refractivity contribution is 5.58. The second-order valence-corrected chi connectivity index (χ2v) is 4.07. The summed E-state index contributed by atoms with van der Waals surface area (Å²) in [4.78, 5) is 10.6. The Bertz CT molecular complexity index is 150. The predicted octanol–water partition coefficient (Wildman–Crippen LogP) is 3.04. The molecular formula is C11H20O. The Morgan fingerprint density at radius 3 is 2.00 bits per heavy atom. The minimum absolute atomic E-state index is 0.393. The van der Waals surface area contributed by atoms with Gasteiger partial charge in [0.15, 0.2) is 0 Å². The van der Waals surface area contributed by atoms with Crippen molar-refractivity contribution in [3.05, 3.63) is 0 Å². The van der Waals surface area contributed by atoms with Gasteiger partial charge in [-0.05, 0) is 17.8 Å². The van der Waals surface area contributed by atoms with Crippen molar-refractivity contribution in [2.75, 3.05) is 0 Å². The Balaban J connectivity index is 2.60. The average Bonchev–Trinajstić information content (AvgIpc) is 2.89. The minimum Gasteiger partial charge on any atom is -0.303 e. The van der Waals surface area contributed by atoms with E-state index in [0.29, 0.717) is 17.3 Å². The van der Waals surface area contributed by atoms with E-state index in [0.717, 1.165) is 12.7 Å². The van der Waals surface area contributed by atoms with E-state index in [2.05, 4.69) is 20.8 Å². The van der Waals surface area contributed by atoms with Crippen LogP contribution in [0.15, 0.2) is 0 Å². The molecule has 0 spiro atoms. The van der Waals surface area contributed by atoms with Crippen LogP contribution in [-0.4, -0.2) is 6.29 Å². The van der Waals surface area contributed by atoms with Crippen molar-refractivity contribution in [2.24, 2.45) is 17.3 Å². The number of hydrogen-bond acceptors (Lipinski definition) is 1. The molecule has 0 amide bonds. The molecule has 0 N–H and O–H groups in total. The lowest BCUT2D eigenvalue weighted by Gasteiger charge is -2.30. The molecule has 1 nitrogen and oxygen atoms in total. The normalized spacial score (nSPS) is 28.6. The molecule has 0 radical (unpaired) electrons. The van der Waals surface area contributed by atoms with E-state index >= 15 is 0 Å². The summed E-state index contributed by atoms with van der Waals surface area (Å²) in [6.45, 7) is 6.77. The van der Waals surface area contributed by atoms with Crippen molar-refractivity contribution in [1.82, 2.24) is 0 Å². The number of carbonyl (C=O) groups is 1. The van der Waals surface area contributed by atoms with Crippen molar-refractivity contribution in [1.29, 1.82) is 0 Å². The molecule has 1 aliphatic rings. The zero-order chi connectivity index (χ0) is 9.19. The smallest absolute Gasteiger partial charge is 0.123 e. The molecule has 1 rings (SSSR count). The lowest BCUT2D eigenvalue weighted by Crippen LogP contribution is -2.21. The second-order valence-electron chi connectivity index (χ2n) is 4.07. The zero-order valence-corrected chi connectivity index (χ0v) is 8.47. The number of hydrogen-bond donors (Lipinski definition) is 0. The lowest BCUT2D eigenvalue weighted by atomic mass is 9.74. The molecule has 0 aromatic heterocycles. The maximum Gasteiger partial charge on any atom is 0.123 e. The highest BCUT2D eigenvalue weighted by atomic mass is 16.1. The van der Waals surface area contributed by atoms with Gasteiger partial charge in [-0.2, -0.15) is 0 Å². The fraction of sp³-hybridized carbons (Fsp3) is 0.909. The first-order chi connectivity index (χ1) is 5.74. The molecule has 0 saturated heterocycles. The fourth-order valence-electron chi connectivity index (χ4n) is 2.61. The van der Waals surface area contributed by atoms with Gasteiger partial charge in [0.05, 0.1) is 0 Å². The third-order valence-electron chi connectivity index (χ3n) is 3.91. The van der Waals surface area contributed by atoms with Gasteiger partial charge in [0.25, 0.3) is 0 Å². The Hall–Kier alpha value is -0.330. The predicted molar refractivity (Wildman–Crippen MR) is 51.0 cm³/mol. The highest BCUT2D eigenvalue weighted by Crippen LogP contribution is 2.55. The van der Waals surface area contributed by atoms with Gasteiger partial charge in [-0.25, -0.2) is 0 Å². The van der Waals surface area contributed by atoms with E-state index in [4.69, 9.17) is 0 Å². The number of aldehydes is 1. The van der Waals surface area contributed by atoms with E-state index in [1.807, 2.05) is 0 Å². The van der Waals surface area contributed by atoms with E-state index in [1.165, 1.54) is 19.3 Å². The quantitative estimate of drug-likeness (QED) is 0.577. The summed E-state index contributed by atoms with van der Waals surface area (Å²) in [6.07, 6.45) is 6.00. The number of carbonyl (C=O) groups excluding carboxylic acids is 1. The first-order valence-corrected chi connectivity index (χ1v) is 5.19. The van der Waals surface area contributed by atoms with Crippen molar-refractivity contribution < 1.29 is 4.79 Å². The van der Waals surface area contributed by atoms with Gasteiger partial charge in [0.1, 0.15) is 6.29 Å². The molecule has 0 aromatic rings. The van der Waals surface area contributed by atoms with Crippen LogP contribution in [0, 0.1) is 17.3 Å². The van der Waals surface area contributed by atoms with Gasteiger partial charge in [-0.1, -0.05) is 40.0 Å². The molecular weight excluding hydrogens is 148 g/mol. The van der Waals surface area contributed by atoms with Crippen LogP contribution in [0.2, 0.25) is 0 Å². The van der Waals surface area contributed by atoms with Crippen LogP contribution in [0.1, 0.15) is 46.5 Å². The average molecular weight is 168 g/mol. The van der Waals surface area contributed by atoms with Gasteiger partial charge >= 0.3 is 0 Å². The molecule has 1 saturated carbocycles. The monoisotopic (exact) mass is 168 g/mol. The molecule has 12 heavy (non-hydrogen) atoms. The van der Waals surface area contributed by atoms with E-state index in [9.17, 15) is 4.79 Å². The Morgan fingerprint density at radius 1 is 1.25 bits per heavy atom. The molecule has 1 heteroatoms. The summed E-state index contributed by atoms with van der Waals surface area (Å²) in [5, 5.41) is 0. The summed E-state index contributed by atoms with van der Waals surface area (Å²) in [5.41, 5.74) is 0.478. The first-order valence-electron chi connectivity index (χ1n) is 5.19. The number of rotatable bonds is 5. The van der Waals surface area contributed by atoms with E-state index < -0.39 is 0 Å². The van der Waals surface area contributed by atoms with Crippen LogP contribution in [0.3, 0.4) is 0 Å². The molecule has 0 aromatic carbocycles. The summed E-state index contributed by atoms with van der Waals surface area (Å²) >= 11 is 0. The van der Waals surface area contributed by atoms with Crippen LogP contribution in [0.25, 0.3) is 0 Å². The minimum atomic E-state index is 0.393. The summed E-state index contributed by atoms with van der Waals surface area (Å²) in [7, 11) is 0. The van der Waals surface area contributed by atoms with Gasteiger partial charge in [0.2, 0.25) is 0 Å². The largest absolute Gasteiger partial charge is 0.303 e. The van der Waals surface area contributed by atoms with Crippen LogP contribution >= 0.6 is 0 Å². The Kier molecular flexibility index (Phi) is 2.92. The van der Waals surface area contributed by atoms with Gasteiger partial charge in [0, 0.05) is 5.92 Å². The maximum absolute atomic E-state index is 10.6. The zero-order valence-electron chi connectivity index (χ0n) is 8.47. The van der Waals surface area contributed by atoms with Crippen LogP contribution < -0.4 is 0 Å². The summed E-state index contributed by atoms with van der Waals surface area (Å²) in [6, 6.07) is 0. The standard InChI is InChI=1S/C11H20O/c1-4-11(5-2,6-3)10-7-9(10)8-12/h8-10H,4-7H2,1-3H3/t9-,10-/m0/s1. The van der Waals surface area contributed by atoms with E-state index in [1.54, 1.807) is 0 Å².